The molecular weight excluding hydrogens is 153 g/mol. The molecule has 0 unspecified atom stereocenters. The molecule has 0 amide bonds. The van der Waals surface area contributed by atoms with Gasteiger partial charge in [-0.05, 0) is 32.9 Å². The monoisotopic (exact) mass is 173 g/mol. The van der Waals surface area contributed by atoms with E-state index in [0.29, 0.717) is 0 Å². The molecule has 0 spiro atoms. The molecule has 0 rings (SSSR count). The fourth-order valence-corrected chi connectivity index (χ4v) is 0.832. The number of hydrogen-bond donors (Lipinski definition) is 0. The van der Waals surface area contributed by atoms with E-state index in [1.807, 2.05) is 20.1 Å². The minimum atomic E-state index is -0.508. The summed E-state index contributed by atoms with van der Waals surface area (Å²) in [7, 11) is 0. The van der Waals surface area contributed by atoms with Crippen molar-refractivity contribution in [2.45, 2.75) is 52.0 Å². The Labute approximate surface area is 75.1 Å². The maximum absolute atomic E-state index is 12.2. The highest BCUT2D eigenvalue weighted by molar-refractivity contribution is 5.57. The maximum Gasteiger partial charge on any atom is 0.114 e. The van der Waals surface area contributed by atoms with Crippen molar-refractivity contribution < 1.29 is 4.39 Å². The summed E-state index contributed by atoms with van der Waals surface area (Å²) < 4.78 is 12.2. The molecule has 12 heavy (non-hydrogen) atoms. The van der Waals surface area contributed by atoms with Gasteiger partial charge in [0.25, 0.3) is 0 Å². The van der Waals surface area contributed by atoms with Crippen molar-refractivity contribution in [3.63, 3.8) is 0 Å². The minimum absolute atomic E-state index is 0.378. The Morgan fingerprint density at radius 3 is 2.50 bits per heavy atom. The Kier molecular flexibility index (Phi) is 5.95. The number of hydrogen-bond acceptors (Lipinski definition) is 1. The molecule has 1 nitrogen and oxygen atoms in total. The van der Waals surface area contributed by atoms with E-state index in [2.05, 4.69) is 11.9 Å². The lowest BCUT2D eigenvalue weighted by Crippen LogP contribution is -2.19. The van der Waals surface area contributed by atoms with Crippen LogP contribution in [0.4, 0.5) is 4.39 Å². The third-order valence-electron chi connectivity index (χ3n) is 1.70. The molecule has 0 radical (unpaired) electrons. The number of rotatable bonds is 6. The second kappa shape index (κ2) is 6.15. The van der Waals surface area contributed by atoms with Gasteiger partial charge >= 0.3 is 0 Å². The first-order valence-electron chi connectivity index (χ1n) is 4.72. The van der Waals surface area contributed by atoms with Crippen molar-refractivity contribution in [1.82, 2.24) is 0 Å². The molecule has 0 fully saturated rings. The van der Waals surface area contributed by atoms with Crippen LogP contribution in [0.5, 0.6) is 0 Å². The van der Waals surface area contributed by atoms with Gasteiger partial charge in [-0.3, -0.25) is 4.99 Å². The minimum Gasteiger partial charge on any atom is -0.289 e. The number of nitrogens with zero attached hydrogens (tertiary/aromatic N) is 1. The van der Waals surface area contributed by atoms with Gasteiger partial charge in [-0.25, -0.2) is 4.39 Å². The molecule has 0 bridgehead atoms. The topological polar surface area (TPSA) is 12.4 Å². The normalized spacial score (nSPS) is 12.7. The highest BCUT2D eigenvalue weighted by Gasteiger charge is 2.13. The second-order valence-corrected chi connectivity index (χ2v) is 3.75. The highest BCUT2D eigenvalue weighted by Crippen LogP contribution is 2.08. The summed E-state index contributed by atoms with van der Waals surface area (Å²) in [6.07, 6.45) is 6.47. The molecule has 0 N–H and O–H groups in total. The largest absolute Gasteiger partial charge is 0.289 e. The zero-order valence-electron chi connectivity index (χ0n) is 8.44. The van der Waals surface area contributed by atoms with Gasteiger partial charge in [0.05, 0.1) is 5.54 Å². The quantitative estimate of drug-likeness (QED) is 0.431. The second-order valence-electron chi connectivity index (χ2n) is 3.75. The Balaban J connectivity index is 3.47. The molecule has 72 valence electrons. The Morgan fingerprint density at radius 2 is 2.00 bits per heavy atom. The summed E-state index contributed by atoms with van der Waals surface area (Å²) in [6.45, 7) is 5.41. The standard InChI is InChI=1S/C10H20FN/c1-4-5-6-7-8-12-10(2,3)9-11/h8H,4-7,9H2,1-3H3. The van der Waals surface area contributed by atoms with Gasteiger partial charge in [-0.15, -0.1) is 0 Å². The summed E-state index contributed by atoms with van der Waals surface area (Å²) >= 11 is 0. The lowest BCUT2D eigenvalue weighted by atomic mass is 10.1. The highest BCUT2D eigenvalue weighted by atomic mass is 19.1. The van der Waals surface area contributed by atoms with E-state index in [0.717, 1.165) is 6.42 Å². The summed E-state index contributed by atoms with van der Waals surface area (Å²) in [6, 6.07) is 0. The van der Waals surface area contributed by atoms with Crippen LogP contribution in [0.3, 0.4) is 0 Å². The first-order valence-corrected chi connectivity index (χ1v) is 4.72. The predicted octanol–water partition coefficient (Wildman–Crippen LogP) is 3.39. The molecule has 0 aliphatic carbocycles. The van der Waals surface area contributed by atoms with E-state index in [4.69, 9.17) is 0 Å². The average Bonchev–Trinajstić information content (AvgIpc) is 2.04. The fourth-order valence-electron chi connectivity index (χ4n) is 0.832. The summed E-state index contributed by atoms with van der Waals surface area (Å²) in [5, 5.41) is 0. The van der Waals surface area contributed by atoms with E-state index < -0.39 is 5.54 Å². The number of aliphatic imine (C=N–C) groups is 1. The third-order valence-corrected chi connectivity index (χ3v) is 1.70. The van der Waals surface area contributed by atoms with Gasteiger partial charge in [0.1, 0.15) is 6.67 Å². The van der Waals surface area contributed by atoms with Gasteiger partial charge < -0.3 is 0 Å². The van der Waals surface area contributed by atoms with E-state index in [1.165, 1.54) is 19.3 Å². The van der Waals surface area contributed by atoms with Crippen LogP contribution < -0.4 is 0 Å². The van der Waals surface area contributed by atoms with E-state index in [9.17, 15) is 4.39 Å². The van der Waals surface area contributed by atoms with Crippen molar-refractivity contribution in [2.24, 2.45) is 4.99 Å². The number of halogens is 1. The van der Waals surface area contributed by atoms with Crippen LogP contribution in [0, 0.1) is 0 Å². The molecule has 0 aromatic carbocycles. The van der Waals surface area contributed by atoms with Crippen LogP contribution in [-0.2, 0) is 0 Å². The molecule has 0 atom stereocenters. The summed E-state index contributed by atoms with van der Waals surface area (Å²) in [5.74, 6) is 0. The molecule has 0 saturated carbocycles. The van der Waals surface area contributed by atoms with Gasteiger partial charge in [-0.2, -0.15) is 0 Å². The van der Waals surface area contributed by atoms with E-state index >= 15 is 0 Å². The van der Waals surface area contributed by atoms with Crippen molar-refractivity contribution in [3.05, 3.63) is 0 Å². The SMILES string of the molecule is CCCCCC=NC(C)(C)CF. The zero-order valence-corrected chi connectivity index (χ0v) is 8.44. The summed E-state index contributed by atoms with van der Waals surface area (Å²) in [5.41, 5.74) is -0.508. The van der Waals surface area contributed by atoms with Crippen LogP contribution in [0.25, 0.3) is 0 Å². The van der Waals surface area contributed by atoms with Crippen LogP contribution in [-0.4, -0.2) is 18.4 Å². The Hall–Kier alpha value is -0.400. The smallest absolute Gasteiger partial charge is 0.114 e. The first-order chi connectivity index (χ1) is 5.62. The molecule has 0 aromatic heterocycles. The lowest BCUT2D eigenvalue weighted by molar-refractivity contribution is 0.355. The maximum atomic E-state index is 12.2. The summed E-state index contributed by atoms with van der Waals surface area (Å²) in [4.78, 5) is 4.15. The van der Waals surface area contributed by atoms with Crippen LogP contribution in [0.1, 0.15) is 46.5 Å². The Morgan fingerprint density at radius 1 is 1.33 bits per heavy atom. The van der Waals surface area contributed by atoms with Crippen LogP contribution in [0.15, 0.2) is 4.99 Å². The Bertz CT molecular complexity index is 130. The van der Waals surface area contributed by atoms with Crippen molar-refractivity contribution in [1.29, 1.82) is 0 Å². The molecule has 0 heterocycles. The van der Waals surface area contributed by atoms with Gasteiger partial charge in [0.15, 0.2) is 0 Å². The molecule has 0 aliphatic heterocycles. The van der Waals surface area contributed by atoms with Crippen LogP contribution in [0.2, 0.25) is 0 Å². The van der Waals surface area contributed by atoms with Crippen molar-refractivity contribution >= 4 is 6.21 Å². The van der Waals surface area contributed by atoms with Gasteiger partial charge in [0, 0.05) is 0 Å². The molecular formula is C10H20FN. The molecule has 0 aromatic rings. The first kappa shape index (κ1) is 11.6. The van der Waals surface area contributed by atoms with Crippen molar-refractivity contribution in [3.8, 4) is 0 Å². The average molecular weight is 173 g/mol. The van der Waals surface area contributed by atoms with Gasteiger partial charge in [0.2, 0.25) is 0 Å². The lowest BCUT2D eigenvalue weighted by Gasteiger charge is -2.13. The third kappa shape index (κ3) is 6.32. The van der Waals surface area contributed by atoms with Gasteiger partial charge in [-0.1, -0.05) is 19.8 Å². The number of alkyl halides is 1. The fraction of sp³-hybridized carbons (Fsp3) is 0.900. The van der Waals surface area contributed by atoms with Crippen molar-refractivity contribution in [2.75, 3.05) is 6.67 Å². The van der Waals surface area contributed by atoms with E-state index in [1.54, 1.807) is 0 Å². The zero-order chi connectivity index (χ0) is 9.45. The molecule has 0 saturated heterocycles. The predicted molar refractivity (Wildman–Crippen MR) is 52.7 cm³/mol. The van der Waals surface area contributed by atoms with Crippen LogP contribution >= 0.6 is 0 Å². The van der Waals surface area contributed by atoms with E-state index in [-0.39, 0.29) is 6.67 Å². The number of unbranched alkanes of at least 4 members (excludes halogenated alkanes) is 3. The molecule has 0 aliphatic rings. The molecule has 2 heteroatoms.